The van der Waals surface area contributed by atoms with Crippen molar-refractivity contribution in [3.63, 3.8) is 0 Å². The maximum Gasteiger partial charge on any atom is 0.433 e. The Morgan fingerprint density at radius 2 is 2.13 bits per heavy atom. The van der Waals surface area contributed by atoms with E-state index in [1.54, 1.807) is 22.6 Å². The van der Waals surface area contributed by atoms with E-state index in [9.17, 15) is 18.3 Å². The first-order chi connectivity index (χ1) is 6.86. The maximum atomic E-state index is 12.2. The van der Waals surface area contributed by atoms with Gasteiger partial charge in [0.25, 0.3) is 0 Å². The summed E-state index contributed by atoms with van der Waals surface area (Å²) in [4.78, 5) is 3.21. The van der Waals surface area contributed by atoms with Gasteiger partial charge in [-0.3, -0.25) is 4.98 Å². The van der Waals surface area contributed by atoms with Crippen molar-refractivity contribution < 1.29 is 23.0 Å². The van der Waals surface area contributed by atoms with E-state index in [2.05, 4.69) is 9.72 Å². The Labute approximate surface area is 97.4 Å². The Morgan fingerprint density at radius 3 is 2.53 bits per heavy atom. The predicted molar refractivity (Wildman–Crippen MR) is 53.9 cm³/mol. The lowest BCUT2D eigenvalue weighted by Crippen LogP contribution is -2.11. The van der Waals surface area contributed by atoms with Gasteiger partial charge in [0, 0.05) is 22.4 Å². The highest BCUT2D eigenvalue weighted by molar-refractivity contribution is 14.1. The number of nitrogens with zero attached hydrogens (tertiary/aromatic N) is 1. The highest BCUT2D eigenvalue weighted by atomic mass is 127. The predicted octanol–water partition coefficient (Wildman–Crippen LogP) is 2.34. The molecule has 15 heavy (non-hydrogen) atoms. The van der Waals surface area contributed by atoms with Crippen LogP contribution in [-0.4, -0.2) is 17.2 Å². The second-order valence-electron chi connectivity index (χ2n) is 2.68. The second-order valence-corrected chi connectivity index (χ2v) is 3.84. The zero-order valence-electron chi connectivity index (χ0n) is 7.55. The number of rotatable bonds is 2. The van der Waals surface area contributed by atoms with E-state index >= 15 is 0 Å². The first kappa shape index (κ1) is 12.7. The largest absolute Gasteiger partial charge is 0.433 e. The molecular formula is C8H7F3INO2. The fourth-order valence-electron chi connectivity index (χ4n) is 0.905. The molecule has 1 aromatic rings. The van der Waals surface area contributed by atoms with E-state index in [1.807, 2.05) is 0 Å². The second kappa shape index (κ2) is 4.62. The van der Waals surface area contributed by atoms with Crippen molar-refractivity contribution in [2.24, 2.45) is 0 Å². The van der Waals surface area contributed by atoms with Crippen molar-refractivity contribution >= 4 is 22.6 Å². The Bertz CT molecular complexity index is 356. The number of aliphatic hydroxyl groups excluding tert-OH is 1. The zero-order chi connectivity index (χ0) is 11.6. The molecule has 0 radical (unpaired) electrons. The van der Waals surface area contributed by atoms with E-state index in [-0.39, 0.29) is 9.13 Å². The molecule has 0 saturated heterocycles. The summed E-state index contributed by atoms with van der Waals surface area (Å²) in [5.74, 6) is 0. The Hall–Kier alpha value is -0.410. The van der Waals surface area contributed by atoms with Crippen molar-refractivity contribution in [2.75, 3.05) is 7.11 Å². The average Bonchev–Trinajstić information content (AvgIpc) is 2.15. The van der Waals surface area contributed by atoms with Crippen LogP contribution in [0.15, 0.2) is 12.3 Å². The Morgan fingerprint density at radius 1 is 1.53 bits per heavy atom. The van der Waals surface area contributed by atoms with Gasteiger partial charge in [-0.05, 0) is 28.7 Å². The molecule has 1 N–H and O–H groups in total. The van der Waals surface area contributed by atoms with Gasteiger partial charge >= 0.3 is 6.18 Å². The van der Waals surface area contributed by atoms with Crippen LogP contribution >= 0.6 is 22.6 Å². The summed E-state index contributed by atoms with van der Waals surface area (Å²) in [7, 11) is 1.25. The Kier molecular flexibility index (Phi) is 3.90. The van der Waals surface area contributed by atoms with Crippen LogP contribution in [-0.2, 0) is 10.9 Å². The minimum absolute atomic E-state index is 0.214. The molecule has 0 saturated carbocycles. The molecule has 3 nitrogen and oxygen atoms in total. The number of hydrogen-bond acceptors (Lipinski definition) is 3. The highest BCUT2D eigenvalue weighted by Gasteiger charge is 2.33. The number of pyridine rings is 1. The zero-order valence-corrected chi connectivity index (χ0v) is 9.70. The van der Waals surface area contributed by atoms with Crippen molar-refractivity contribution in [2.45, 2.75) is 12.5 Å². The summed E-state index contributed by atoms with van der Waals surface area (Å²) >= 11 is 1.68. The van der Waals surface area contributed by atoms with Crippen LogP contribution in [0.2, 0.25) is 0 Å². The van der Waals surface area contributed by atoms with Crippen LogP contribution in [0.25, 0.3) is 0 Å². The van der Waals surface area contributed by atoms with E-state index in [0.29, 0.717) is 0 Å². The SMILES string of the molecule is COC(O)c1cnc(C(F)(F)F)cc1I. The van der Waals surface area contributed by atoms with Gasteiger partial charge in [0.2, 0.25) is 0 Å². The number of hydrogen-bond donors (Lipinski definition) is 1. The molecule has 0 aliphatic rings. The van der Waals surface area contributed by atoms with Crippen molar-refractivity contribution in [1.29, 1.82) is 0 Å². The third-order valence-electron chi connectivity index (χ3n) is 1.66. The molecule has 1 atom stereocenters. The minimum atomic E-state index is -4.48. The minimum Gasteiger partial charge on any atom is -0.364 e. The number of aromatic nitrogens is 1. The molecule has 1 rings (SSSR count). The summed E-state index contributed by atoms with van der Waals surface area (Å²) in [6, 6.07) is 0.859. The lowest BCUT2D eigenvalue weighted by atomic mass is 10.2. The standard InChI is InChI=1S/C8H7F3INO2/c1-15-7(14)4-3-13-6(2-5(4)12)8(9,10)11/h2-3,7,14H,1H3. The van der Waals surface area contributed by atoms with Crippen LogP contribution in [0.3, 0.4) is 0 Å². The van der Waals surface area contributed by atoms with Gasteiger partial charge in [-0.2, -0.15) is 13.2 Å². The molecular weight excluding hydrogens is 326 g/mol. The number of alkyl halides is 3. The molecule has 7 heteroatoms. The monoisotopic (exact) mass is 333 g/mol. The van der Waals surface area contributed by atoms with Gasteiger partial charge in [0.05, 0.1) is 0 Å². The van der Waals surface area contributed by atoms with E-state index < -0.39 is 18.2 Å². The van der Waals surface area contributed by atoms with Crippen LogP contribution in [0.5, 0.6) is 0 Å². The van der Waals surface area contributed by atoms with Gasteiger partial charge in [-0.25, -0.2) is 0 Å². The molecule has 84 valence electrons. The van der Waals surface area contributed by atoms with Crippen LogP contribution in [0, 0.1) is 3.57 Å². The van der Waals surface area contributed by atoms with Crippen molar-refractivity contribution in [3.05, 3.63) is 27.1 Å². The van der Waals surface area contributed by atoms with E-state index in [4.69, 9.17) is 0 Å². The molecule has 0 aromatic carbocycles. The van der Waals surface area contributed by atoms with Crippen molar-refractivity contribution in [3.8, 4) is 0 Å². The molecule has 1 aromatic heterocycles. The van der Waals surface area contributed by atoms with Crippen molar-refractivity contribution in [1.82, 2.24) is 4.98 Å². The first-order valence-corrected chi connectivity index (χ1v) is 4.87. The maximum absolute atomic E-state index is 12.2. The van der Waals surface area contributed by atoms with Gasteiger partial charge in [-0.15, -0.1) is 0 Å². The fourth-order valence-corrected chi connectivity index (χ4v) is 1.61. The summed E-state index contributed by atoms with van der Waals surface area (Å²) in [5, 5.41) is 9.26. The number of methoxy groups -OCH3 is 1. The lowest BCUT2D eigenvalue weighted by Gasteiger charge is -2.12. The number of aliphatic hydroxyl groups is 1. The molecule has 0 amide bonds. The molecule has 0 bridgehead atoms. The molecule has 0 fully saturated rings. The lowest BCUT2D eigenvalue weighted by molar-refractivity contribution is -0.141. The van der Waals surface area contributed by atoms with Crippen LogP contribution in [0.4, 0.5) is 13.2 Å². The summed E-state index contributed by atoms with van der Waals surface area (Å²) in [5.41, 5.74) is -0.773. The van der Waals surface area contributed by atoms with Gasteiger partial charge < -0.3 is 9.84 Å². The van der Waals surface area contributed by atoms with Crippen LogP contribution < -0.4 is 0 Å². The van der Waals surface area contributed by atoms with E-state index in [1.165, 1.54) is 7.11 Å². The smallest absolute Gasteiger partial charge is 0.364 e. The fraction of sp³-hybridized carbons (Fsp3) is 0.375. The third kappa shape index (κ3) is 3.02. The summed E-state index contributed by atoms with van der Waals surface area (Å²) in [6.45, 7) is 0. The molecule has 0 spiro atoms. The normalized spacial score (nSPS) is 14.0. The van der Waals surface area contributed by atoms with Gasteiger partial charge in [0.1, 0.15) is 5.69 Å². The van der Waals surface area contributed by atoms with Gasteiger partial charge in [0.15, 0.2) is 6.29 Å². The first-order valence-electron chi connectivity index (χ1n) is 3.79. The number of halogens is 4. The summed E-state index contributed by atoms with van der Waals surface area (Å²) < 4.78 is 41.5. The van der Waals surface area contributed by atoms with Crippen LogP contribution in [0.1, 0.15) is 17.5 Å². The quantitative estimate of drug-likeness (QED) is 0.667. The van der Waals surface area contributed by atoms with E-state index in [0.717, 1.165) is 12.3 Å². The molecule has 1 unspecified atom stereocenters. The molecule has 0 aliphatic heterocycles. The molecule has 0 aliphatic carbocycles. The summed E-state index contributed by atoms with van der Waals surface area (Å²) in [6.07, 6.45) is -4.78. The third-order valence-corrected chi connectivity index (χ3v) is 2.60. The molecule has 1 heterocycles. The number of ether oxygens (including phenoxy) is 1. The average molecular weight is 333 g/mol. The highest BCUT2D eigenvalue weighted by Crippen LogP contribution is 2.30. The Balaban J connectivity index is 3.09. The topological polar surface area (TPSA) is 42.4 Å². The van der Waals surface area contributed by atoms with Gasteiger partial charge in [-0.1, -0.05) is 0 Å².